The third-order valence-electron chi connectivity index (χ3n) is 3.63. The molecule has 4 nitrogen and oxygen atoms in total. The van der Waals surface area contributed by atoms with Crippen LogP contribution < -0.4 is 4.90 Å². The zero-order valence-electron chi connectivity index (χ0n) is 12.0. The van der Waals surface area contributed by atoms with Crippen LogP contribution in [0.1, 0.15) is 47.5 Å². The van der Waals surface area contributed by atoms with Crippen molar-refractivity contribution in [3.05, 3.63) is 47.2 Å². The molecule has 1 amide bonds. The number of hydrogen-bond donors (Lipinski definition) is 0. The van der Waals surface area contributed by atoms with Crippen LogP contribution in [-0.2, 0) is 6.42 Å². The molecule has 1 aromatic heterocycles. The minimum atomic E-state index is -0.0840. The van der Waals surface area contributed by atoms with Gasteiger partial charge in [-0.25, -0.2) is 4.98 Å². The lowest BCUT2D eigenvalue weighted by Crippen LogP contribution is -2.29. The summed E-state index contributed by atoms with van der Waals surface area (Å²) in [6.45, 7) is 6.52. The Kier molecular flexibility index (Phi) is 3.08. The molecule has 0 saturated carbocycles. The fourth-order valence-electron chi connectivity index (χ4n) is 2.66. The standard InChI is InChI=1S/C16H18N2O2/c1-10(2)14-15(20-11(3)17-14)16(19)18-9-8-12-6-4-5-7-13(12)18/h4-7,10H,8-9H2,1-3H3. The molecule has 0 spiro atoms. The van der Waals surface area contributed by atoms with E-state index in [1.807, 2.05) is 32.0 Å². The fraction of sp³-hybridized carbons (Fsp3) is 0.375. The highest BCUT2D eigenvalue weighted by molar-refractivity contribution is 6.06. The van der Waals surface area contributed by atoms with E-state index in [9.17, 15) is 4.79 Å². The maximum absolute atomic E-state index is 12.7. The maximum atomic E-state index is 12.7. The lowest BCUT2D eigenvalue weighted by molar-refractivity contribution is 0.0959. The number of hydrogen-bond acceptors (Lipinski definition) is 3. The van der Waals surface area contributed by atoms with Crippen LogP contribution in [-0.4, -0.2) is 17.4 Å². The topological polar surface area (TPSA) is 46.3 Å². The monoisotopic (exact) mass is 270 g/mol. The SMILES string of the molecule is Cc1nc(C(C)C)c(C(=O)N2CCc3ccccc32)o1. The van der Waals surface area contributed by atoms with E-state index in [2.05, 4.69) is 11.1 Å². The smallest absolute Gasteiger partial charge is 0.296 e. The first-order valence-electron chi connectivity index (χ1n) is 6.95. The van der Waals surface area contributed by atoms with Crippen LogP contribution in [0.25, 0.3) is 0 Å². The van der Waals surface area contributed by atoms with Crippen LogP contribution in [0.2, 0.25) is 0 Å². The van der Waals surface area contributed by atoms with Crippen LogP contribution in [0, 0.1) is 6.92 Å². The first-order chi connectivity index (χ1) is 9.58. The predicted octanol–water partition coefficient (Wildman–Crippen LogP) is 3.31. The van der Waals surface area contributed by atoms with E-state index in [1.165, 1.54) is 5.56 Å². The number of rotatable bonds is 2. The van der Waals surface area contributed by atoms with E-state index in [1.54, 1.807) is 11.8 Å². The lowest BCUT2D eigenvalue weighted by atomic mass is 10.1. The zero-order chi connectivity index (χ0) is 14.3. The van der Waals surface area contributed by atoms with Gasteiger partial charge in [0.15, 0.2) is 5.89 Å². The number of aromatic nitrogens is 1. The predicted molar refractivity (Wildman–Crippen MR) is 77.2 cm³/mol. The first-order valence-corrected chi connectivity index (χ1v) is 6.95. The van der Waals surface area contributed by atoms with Crippen molar-refractivity contribution >= 4 is 11.6 Å². The summed E-state index contributed by atoms with van der Waals surface area (Å²) in [6.07, 6.45) is 0.895. The van der Waals surface area contributed by atoms with Gasteiger partial charge >= 0.3 is 0 Å². The number of nitrogens with zero attached hydrogens (tertiary/aromatic N) is 2. The van der Waals surface area contributed by atoms with Crippen molar-refractivity contribution in [2.45, 2.75) is 33.1 Å². The number of amides is 1. The Morgan fingerprint density at radius 2 is 2.10 bits per heavy atom. The number of aryl methyl sites for hydroxylation is 1. The Labute approximate surface area is 118 Å². The molecule has 0 aliphatic carbocycles. The molecule has 0 bridgehead atoms. The molecular weight excluding hydrogens is 252 g/mol. The van der Waals surface area contributed by atoms with E-state index >= 15 is 0 Å². The average Bonchev–Trinajstić information content (AvgIpc) is 3.01. The Morgan fingerprint density at radius 1 is 1.35 bits per heavy atom. The fourth-order valence-corrected chi connectivity index (χ4v) is 2.66. The summed E-state index contributed by atoms with van der Waals surface area (Å²) in [5, 5.41) is 0. The van der Waals surface area contributed by atoms with Gasteiger partial charge in [-0.05, 0) is 24.0 Å². The van der Waals surface area contributed by atoms with E-state index < -0.39 is 0 Å². The van der Waals surface area contributed by atoms with Gasteiger partial charge in [-0.15, -0.1) is 0 Å². The third kappa shape index (κ3) is 2.01. The van der Waals surface area contributed by atoms with Crippen molar-refractivity contribution in [2.24, 2.45) is 0 Å². The quantitative estimate of drug-likeness (QED) is 0.841. The number of benzene rings is 1. The number of anilines is 1. The highest BCUT2D eigenvalue weighted by Crippen LogP contribution is 2.30. The van der Waals surface area contributed by atoms with E-state index in [0.717, 1.165) is 17.8 Å². The highest BCUT2D eigenvalue weighted by atomic mass is 16.4. The number of oxazole rings is 1. The second-order valence-electron chi connectivity index (χ2n) is 5.44. The molecule has 3 rings (SSSR count). The van der Waals surface area contributed by atoms with Gasteiger partial charge in [0.1, 0.15) is 0 Å². The van der Waals surface area contributed by atoms with Gasteiger partial charge in [0.25, 0.3) is 5.91 Å². The van der Waals surface area contributed by atoms with Crippen LogP contribution in [0.15, 0.2) is 28.7 Å². The van der Waals surface area contributed by atoms with Gasteiger partial charge in [0, 0.05) is 19.2 Å². The average molecular weight is 270 g/mol. The van der Waals surface area contributed by atoms with Crippen LogP contribution in [0.4, 0.5) is 5.69 Å². The van der Waals surface area contributed by atoms with Crippen LogP contribution in [0.5, 0.6) is 0 Å². The summed E-state index contributed by atoms with van der Waals surface area (Å²) in [7, 11) is 0. The summed E-state index contributed by atoms with van der Waals surface area (Å²) in [5.41, 5.74) is 2.95. The molecule has 0 atom stereocenters. The molecule has 0 N–H and O–H groups in total. The molecule has 0 unspecified atom stereocenters. The number of carbonyl (C=O) groups excluding carboxylic acids is 1. The minimum absolute atomic E-state index is 0.0840. The number of carbonyl (C=O) groups is 1. The lowest BCUT2D eigenvalue weighted by Gasteiger charge is -2.16. The van der Waals surface area contributed by atoms with Crippen molar-refractivity contribution in [3.63, 3.8) is 0 Å². The molecule has 0 radical (unpaired) electrons. The van der Waals surface area contributed by atoms with Gasteiger partial charge in [-0.1, -0.05) is 32.0 Å². The van der Waals surface area contributed by atoms with Crippen molar-refractivity contribution < 1.29 is 9.21 Å². The van der Waals surface area contributed by atoms with Gasteiger partial charge in [-0.3, -0.25) is 4.79 Å². The number of fused-ring (bicyclic) bond motifs is 1. The summed E-state index contributed by atoms with van der Waals surface area (Å²) in [5.74, 6) is 1.02. The van der Waals surface area contributed by atoms with Crippen molar-refractivity contribution in [3.8, 4) is 0 Å². The first kappa shape index (κ1) is 12.9. The highest BCUT2D eigenvalue weighted by Gasteiger charge is 2.30. The van der Waals surface area contributed by atoms with Gasteiger partial charge < -0.3 is 9.32 Å². The zero-order valence-corrected chi connectivity index (χ0v) is 12.0. The van der Waals surface area contributed by atoms with Crippen molar-refractivity contribution in [1.82, 2.24) is 4.98 Å². The molecule has 2 aromatic rings. The molecule has 104 valence electrons. The van der Waals surface area contributed by atoms with Crippen LogP contribution in [0.3, 0.4) is 0 Å². The van der Waals surface area contributed by atoms with Crippen molar-refractivity contribution in [1.29, 1.82) is 0 Å². The molecule has 1 aromatic carbocycles. The Bertz CT molecular complexity index is 658. The molecule has 20 heavy (non-hydrogen) atoms. The summed E-state index contributed by atoms with van der Waals surface area (Å²) < 4.78 is 5.56. The maximum Gasteiger partial charge on any atom is 0.296 e. The van der Waals surface area contributed by atoms with Crippen LogP contribution >= 0.6 is 0 Å². The van der Waals surface area contributed by atoms with Gasteiger partial charge in [0.2, 0.25) is 5.76 Å². The van der Waals surface area contributed by atoms with E-state index in [0.29, 0.717) is 18.2 Å². The minimum Gasteiger partial charge on any atom is -0.436 e. The molecule has 4 heteroatoms. The van der Waals surface area contributed by atoms with Gasteiger partial charge in [0.05, 0.1) is 5.69 Å². The summed E-state index contributed by atoms with van der Waals surface area (Å²) in [4.78, 5) is 18.9. The normalized spacial score (nSPS) is 13.9. The summed E-state index contributed by atoms with van der Waals surface area (Å²) >= 11 is 0. The van der Waals surface area contributed by atoms with Crippen molar-refractivity contribution in [2.75, 3.05) is 11.4 Å². The molecule has 1 aliphatic heterocycles. The van der Waals surface area contributed by atoms with Gasteiger partial charge in [-0.2, -0.15) is 0 Å². The molecule has 1 aliphatic rings. The largest absolute Gasteiger partial charge is 0.436 e. The third-order valence-corrected chi connectivity index (χ3v) is 3.63. The molecule has 0 fully saturated rings. The second kappa shape index (κ2) is 4.78. The Balaban J connectivity index is 1.99. The molecule has 0 saturated heterocycles. The Hall–Kier alpha value is -2.10. The molecular formula is C16H18N2O2. The van der Waals surface area contributed by atoms with E-state index in [4.69, 9.17) is 4.42 Å². The van der Waals surface area contributed by atoms with E-state index in [-0.39, 0.29) is 11.8 Å². The number of para-hydroxylation sites is 1. The second-order valence-corrected chi connectivity index (χ2v) is 5.44. The Morgan fingerprint density at radius 3 is 2.85 bits per heavy atom. The summed E-state index contributed by atoms with van der Waals surface area (Å²) in [6, 6.07) is 8.01. The molecule has 2 heterocycles.